The molecule has 43 heavy (non-hydrogen) atoms. The topological polar surface area (TPSA) is 74.6 Å². The molecule has 3 saturated carbocycles. The molecular weight excluding hydrogens is 539 g/mol. The van der Waals surface area contributed by atoms with Gasteiger partial charge < -0.3 is 10.2 Å². The molecule has 238 valence electrons. The quantitative estimate of drug-likeness (QED) is 0.334. The van der Waals surface area contributed by atoms with Crippen LogP contribution in [0.4, 0.5) is 4.39 Å². The van der Waals surface area contributed by atoms with Gasteiger partial charge in [-0.1, -0.05) is 66.2 Å². The van der Waals surface area contributed by atoms with Gasteiger partial charge in [-0.3, -0.25) is 9.59 Å². The number of carboxylic acids is 1. The molecule has 0 aromatic rings. The summed E-state index contributed by atoms with van der Waals surface area (Å²) in [4.78, 5) is 25.3. The van der Waals surface area contributed by atoms with Crippen molar-refractivity contribution in [1.29, 1.82) is 0 Å². The number of carbonyl (C=O) groups excluding carboxylic acids is 1. The van der Waals surface area contributed by atoms with Crippen LogP contribution in [0, 0.1) is 56.2 Å². The number of halogens is 1. The fourth-order valence-corrected chi connectivity index (χ4v) is 12.6. The van der Waals surface area contributed by atoms with E-state index in [1.165, 1.54) is 23.1 Å². The van der Waals surface area contributed by atoms with Gasteiger partial charge in [0.25, 0.3) is 0 Å². The Morgan fingerprint density at radius 1 is 0.953 bits per heavy atom. The van der Waals surface area contributed by atoms with Crippen molar-refractivity contribution >= 4 is 11.8 Å². The molecule has 4 nitrogen and oxygen atoms in total. The smallest absolute Gasteiger partial charge is 0.312 e. The van der Waals surface area contributed by atoms with E-state index in [2.05, 4.69) is 54.5 Å². The molecule has 0 saturated heterocycles. The highest BCUT2D eigenvalue weighted by atomic mass is 19.1. The molecule has 1 unspecified atom stereocenters. The highest BCUT2D eigenvalue weighted by Crippen LogP contribution is 2.76. The van der Waals surface area contributed by atoms with Crippen molar-refractivity contribution < 1.29 is 24.2 Å². The number of rotatable bonds is 5. The molecule has 0 heterocycles. The normalized spacial score (nSPS) is 45.5. The fraction of sp³-hybridized carbons (Fsp3) is 0.789. The van der Waals surface area contributed by atoms with E-state index in [9.17, 15) is 24.2 Å². The molecule has 0 radical (unpaired) electrons. The molecule has 0 aromatic heterocycles. The lowest BCUT2D eigenvalue weighted by molar-refractivity contribution is -0.199. The van der Waals surface area contributed by atoms with E-state index < -0.39 is 18.1 Å². The van der Waals surface area contributed by atoms with Gasteiger partial charge >= 0.3 is 5.97 Å². The average molecular weight is 595 g/mol. The number of aliphatic hydroxyl groups is 1. The number of ketones is 1. The molecule has 0 aromatic carbocycles. The molecule has 8 atom stereocenters. The van der Waals surface area contributed by atoms with Gasteiger partial charge in [0.2, 0.25) is 0 Å². The lowest BCUT2D eigenvalue weighted by Crippen LogP contribution is -2.64. The van der Waals surface area contributed by atoms with E-state index in [-0.39, 0.29) is 51.8 Å². The molecule has 5 heteroatoms. The van der Waals surface area contributed by atoms with E-state index in [0.29, 0.717) is 37.0 Å². The Kier molecular flexibility index (Phi) is 7.17. The van der Waals surface area contributed by atoms with E-state index in [0.717, 1.165) is 44.1 Å². The van der Waals surface area contributed by atoms with Crippen LogP contribution >= 0.6 is 0 Å². The van der Waals surface area contributed by atoms with E-state index in [1.54, 1.807) is 0 Å². The monoisotopic (exact) mass is 594 g/mol. The molecule has 0 amide bonds. The van der Waals surface area contributed by atoms with Crippen LogP contribution in [0.1, 0.15) is 119 Å². The number of aliphatic hydroxyl groups excluding tert-OH is 1. The Morgan fingerprint density at radius 3 is 2.26 bits per heavy atom. The molecule has 6 aliphatic rings. The summed E-state index contributed by atoms with van der Waals surface area (Å²) in [6, 6.07) is 0. The number of alkyl halides is 1. The average Bonchev–Trinajstić information content (AvgIpc) is 3.26. The predicted octanol–water partition coefficient (Wildman–Crippen LogP) is 8.65. The lowest BCUT2D eigenvalue weighted by atomic mass is 9.33. The Hall–Kier alpha value is -1.75. The first kappa shape index (κ1) is 31.2. The van der Waals surface area contributed by atoms with Gasteiger partial charge in [0.15, 0.2) is 5.78 Å². The number of aliphatic carboxylic acids is 1. The van der Waals surface area contributed by atoms with Crippen LogP contribution in [0.2, 0.25) is 0 Å². The maximum atomic E-state index is 13.9. The number of allylic oxidation sites excluding steroid dienone is 5. The van der Waals surface area contributed by atoms with Crippen molar-refractivity contribution in [2.75, 3.05) is 13.3 Å². The summed E-state index contributed by atoms with van der Waals surface area (Å²) in [5.41, 5.74) is 3.75. The highest BCUT2D eigenvalue weighted by Gasteiger charge is 2.69. The van der Waals surface area contributed by atoms with Gasteiger partial charge in [0, 0.05) is 11.8 Å². The van der Waals surface area contributed by atoms with Crippen molar-refractivity contribution in [3.05, 3.63) is 34.4 Å². The van der Waals surface area contributed by atoms with E-state index in [4.69, 9.17) is 0 Å². The SMILES string of the molecule is CC(C)C1=C2[C@H]3CC[C@@H]4[C@@]5(C)CC=C(C6=CCC(CF)(C(=O)O)CC6)C(C)(C)[C@@H]5CC[C@@]4(C)[C@]3(C)CC[C@@]2(CO)CC1=O. The zero-order valence-corrected chi connectivity index (χ0v) is 27.7. The van der Waals surface area contributed by atoms with Gasteiger partial charge in [0.1, 0.15) is 6.67 Å². The van der Waals surface area contributed by atoms with Crippen LogP contribution < -0.4 is 0 Å². The maximum Gasteiger partial charge on any atom is 0.312 e. The van der Waals surface area contributed by atoms with Crippen molar-refractivity contribution in [2.24, 2.45) is 56.2 Å². The molecule has 3 fully saturated rings. The molecule has 0 aliphatic heterocycles. The van der Waals surface area contributed by atoms with Gasteiger partial charge in [-0.2, -0.15) is 0 Å². The number of carbonyl (C=O) groups is 2. The first-order chi connectivity index (χ1) is 20.1. The lowest BCUT2D eigenvalue weighted by Gasteiger charge is -2.71. The summed E-state index contributed by atoms with van der Waals surface area (Å²) in [6.07, 6.45) is 13.9. The second-order valence-corrected chi connectivity index (χ2v) is 17.3. The summed E-state index contributed by atoms with van der Waals surface area (Å²) < 4.78 is 13.9. The Bertz CT molecular complexity index is 1320. The fourth-order valence-electron chi connectivity index (χ4n) is 12.6. The molecule has 0 spiro atoms. The first-order valence-corrected chi connectivity index (χ1v) is 17.1. The Labute approximate surface area is 258 Å². The van der Waals surface area contributed by atoms with Gasteiger partial charge in [0.05, 0.1) is 12.0 Å². The third kappa shape index (κ3) is 3.94. The van der Waals surface area contributed by atoms with Crippen molar-refractivity contribution in [2.45, 2.75) is 119 Å². The van der Waals surface area contributed by atoms with Crippen molar-refractivity contribution in [1.82, 2.24) is 0 Å². The second kappa shape index (κ2) is 9.87. The third-order valence-corrected chi connectivity index (χ3v) is 15.1. The molecular formula is C38H55FO4. The van der Waals surface area contributed by atoms with E-state index >= 15 is 0 Å². The standard InChI is InChI=1S/C38H55FO4/c1-23(2)30-27(41)20-38(22-40)19-18-35(6)26(31(30)38)8-9-29-34(5)14-12-25(33(3,4)28(34)13-15-36(29,35)7)24-10-16-37(21-39,17-11-24)32(42)43/h10,12,23,26,28-29,40H,8-9,11,13-22H2,1-7H3,(H,42,43)/t26-,28+,29-,34+,35-,36-,37?,38+/m1/s1. The zero-order valence-electron chi connectivity index (χ0n) is 27.7. The van der Waals surface area contributed by atoms with Crippen molar-refractivity contribution in [3.63, 3.8) is 0 Å². The summed E-state index contributed by atoms with van der Waals surface area (Å²) >= 11 is 0. The molecule has 0 bridgehead atoms. The van der Waals surface area contributed by atoms with Gasteiger partial charge in [-0.25, -0.2) is 4.39 Å². The van der Waals surface area contributed by atoms with Crippen LogP contribution in [-0.4, -0.2) is 35.2 Å². The summed E-state index contributed by atoms with van der Waals surface area (Å²) in [7, 11) is 0. The van der Waals surface area contributed by atoms with Gasteiger partial charge in [-0.05, 0) is 126 Å². The Morgan fingerprint density at radius 2 is 1.67 bits per heavy atom. The van der Waals surface area contributed by atoms with Crippen LogP contribution in [-0.2, 0) is 9.59 Å². The maximum absolute atomic E-state index is 13.9. The second-order valence-electron chi connectivity index (χ2n) is 17.3. The first-order valence-electron chi connectivity index (χ1n) is 17.1. The molecule has 2 N–H and O–H groups in total. The Balaban J connectivity index is 1.36. The minimum atomic E-state index is -1.26. The van der Waals surface area contributed by atoms with Gasteiger partial charge in [-0.15, -0.1) is 0 Å². The number of fused-ring (bicyclic) bond motifs is 7. The van der Waals surface area contributed by atoms with Crippen LogP contribution in [0.3, 0.4) is 0 Å². The molecule has 6 aliphatic carbocycles. The minimum Gasteiger partial charge on any atom is -0.481 e. The van der Waals surface area contributed by atoms with Crippen molar-refractivity contribution in [3.8, 4) is 0 Å². The number of Topliss-reactive ketones (excluding diaryl/α,β-unsaturated/α-hetero) is 1. The minimum absolute atomic E-state index is 0.0410. The predicted molar refractivity (Wildman–Crippen MR) is 168 cm³/mol. The number of carboxylic acid groups (broad SMARTS) is 1. The van der Waals surface area contributed by atoms with Crippen LogP contribution in [0.5, 0.6) is 0 Å². The number of hydrogen-bond acceptors (Lipinski definition) is 3. The summed E-state index contributed by atoms with van der Waals surface area (Å²) in [6.45, 7) is 16.1. The zero-order chi connectivity index (χ0) is 31.4. The highest BCUT2D eigenvalue weighted by molar-refractivity contribution is 6.00. The number of hydrogen-bond donors (Lipinski definition) is 2. The van der Waals surface area contributed by atoms with E-state index in [1.807, 2.05) is 6.08 Å². The van der Waals surface area contributed by atoms with Crippen LogP contribution in [0.25, 0.3) is 0 Å². The molecule has 6 rings (SSSR count). The third-order valence-electron chi connectivity index (χ3n) is 15.1. The van der Waals surface area contributed by atoms with Crippen LogP contribution in [0.15, 0.2) is 34.4 Å². The summed E-state index contributed by atoms with van der Waals surface area (Å²) in [5, 5.41) is 20.5. The largest absolute Gasteiger partial charge is 0.481 e. The summed E-state index contributed by atoms with van der Waals surface area (Å²) in [5.74, 6) is 0.915.